The molecule has 0 radical (unpaired) electrons. The molecule has 0 saturated carbocycles. The molecule has 0 spiro atoms. The van der Waals surface area contributed by atoms with Crippen LogP contribution in [0.15, 0.2) is 22.2 Å². The quantitative estimate of drug-likeness (QED) is 0.482. The molecule has 150 valence electrons. The minimum atomic E-state index is -0.417. The molecule has 0 aliphatic carbocycles. The number of carbonyl (C=O) groups is 1. The third-order valence-electron chi connectivity index (χ3n) is 4.63. The first-order valence-corrected chi connectivity index (χ1v) is 11.0. The number of aryl methyl sites for hydroxylation is 2. The topological polar surface area (TPSA) is 81.8 Å². The number of aromatic nitrogens is 4. The number of hydrogen-bond acceptors (Lipinski definition) is 6. The number of rotatable bonds is 6. The lowest BCUT2D eigenvalue weighted by molar-refractivity contribution is -0.115. The Morgan fingerprint density at radius 2 is 2.04 bits per heavy atom. The summed E-state index contributed by atoms with van der Waals surface area (Å²) in [5, 5.41) is 8.00. The molecule has 0 aliphatic heterocycles. The van der Waals surface area contributed by atoms with Crippen molar-refractivity contribution in [2.24, 2.45) is 0 Å². The fourth-order valence-electron chi connectivity index (χ4n) is 2.94. The maximum atomic E-state index is 12.9. The van der Waals surface area contributed by atoms with Gasteiger partial charge < -0.3 is 5.32 Å². The van der Waals surface area contributed by atoms with E-state index in [-0.39, 0.29) is 17.5 Å². The minimum absolute atomic E-state index is 0.0395. The highest BCUT2D eigenvalue weighted by molar-refractivity contribution is 8.00. The van der Waals surface area contributed by atoms with E-state index < -0.39 is 5.25 Å². The molecule has 0 aromatic carbocycles. The summed E-state index contributed by atoms with van der Waals surface area (Å²) in [6.45, 7) is 12.2. The van der Waals surface area contributed by atoms with Crippen molar-refractivity contribution in [2.45, 2.75) is 64.5 Å². The van der Waals surface area contributed by atoms with Crippen LogP contribution in [0.4, 0.5) is 5.82 Å². The Hall–Kier alpha value is -2.13. The van der Waals surface area contributed by atoms with Gasteiger partial charge in [0.05, 0.1) is 16.8 Å². The number of thioether (sulfide) groups is 1. The molecule has 0 fully saturated rings. The van der Waals surface area contributed by atoms with Crippen molar-refractivity contribution >= 4 is 45.0 Å². The second kappa shape index (κ2) is 8.08. The number of fused-ring (bicyclic) bond motifs is 1. The van der Waals surface area contributed by atoms with Crippen molar-refractivity contribution in [2.75, 3.05) is 5.32 Å². The van der Waals surface area contributed by atoms with Gasteiger partial charge in [0.25, 0.3) is 5.56 Å². The van der Waals surface area contributed by atoms with E-state index in [2.05, 4.69) is 10.4 Å². The number of nitrogens with one attached hydrogen (secondary N) is 1. The zero-order valence-corrected chi connectivity index (χ0v) is 18.6. The largest absolute Gasteiger partial charge is 0.310 e. The molecule has 3 heterocycles. The van der Waals surface area contributed by atoms with E-state index >= 15 is 0 Å². The Balaban J connectivity index is 1.88. The summed E-state index contributed by atoms with van der Waals surface area (Å²) in [6.07, 6.45) is 1.67. The van der Waals surface area contributed by atoms with Gasteiger partial charge in [0.15, 0.2) is 5.16 Å². The Bertz CT molecular complexity index is 1080. The molecule has 0 saturated heterocycles. The van der Waals surface area contributed by atoms with Gasteiger partial charge >= 0.3 is 0 Å². The average Bonchev–Trinajstić information content (AvgIpc) is 3.20. The second-order valence-corrected chi connectivity index (χ2v) is 9.42. The maximum absolute atomic E-state index is 12.9. The predicted octanol–water partition coefficient (Wildman–Crippen LogP) is 3.99. The SMILES string of the molecule is CCn1c(S[C@H](C)C(=O)Nc2ccnn2C(C)C)nc2sc(C)c(C)c2c1=O. The Morgan fingerprint density at radius 1 is 1.32 bits per heavy atom. The van der Waals surface area contributed by atoms with Crippen LogP contribution in [0.1, 0.15) is 44.2 Å². The third kappa shape index (κ3) is 3.73. The lowest BCUT2D eigenvalue weighted by Gasteiger charge is -2.16. The van der Waals surface area contributed by atoms with E-state index in [4.69, 9.17) is 4.98 Å². The maximum Gasteiger partial charge on any atom is 0.263 e. The predicted molar refractivity (Wildman–Crippen MR) is 116 cm³/mol. The molecular weight excluding hydrogens is 394 g/mol. The molecule has 9 heteroatoms. The molecule has 7 nitrogen and oxygen atoms in total. The van der Waals surface area contributed by atoms with Crippen molar-refractivity contribution < 1.29 is 4.79 Å². The van der Waals surface area contributed by atoms with Gasteiger partial charge in [-0.1, -0.05) is 11.8 Å². The molecule has 28 heavy (non-hydrogen) atoms. The van der Waals surface area contributed by atoms with Crippen molar-refractivity contribution in [1.29, 1.82) is 0 Å². The van der Waals surface area contributed by atoms with Crippen LogP contribution in [0.5, 0.6) is 0 Å². The van der Waals surface area contributed by atoms with E-state index in [1.54, 1.807) is 21.5 Å². The van der Waals surface area contributed by atoms with Gasteiger partial charge in [0.1, 0.15) is 10.6 Å². The number of thiophene rings is 1. The van der Waals surface area contributed by atoms with E-state index in [0.717, 1.165) is 15.3 Å². The number of amides is 1. The van der Waals surface area contributed by atoms with Crippen molar-refractivity contribution in [3.8, 4) is 0 Å². The number of anilines is 1. The lowest BCUT2D eigenvalue weighted by atomic mass is 10.2. The van der Waals surface area contributed by atoms with Crippen molar-refractivity contribution in [3.05, 3.63) is 33.1 Å². The van der Waals surface area contributed by atoms with Gasteiger partial charge in [0.2, 0.25) is 5.91 Å². The molecular formula is C19H25N5O2S2. The third-order valence-corrected chi connectivity index (χ3v) is 6.82. The summed E-state index contributed by atoms with van der Waals surface area (Å²) in [6, 6.07) is 1.92. The highest BCUT2D eigenvalue weighted by atomic mass is 32.2. The van der Waals surface area contributed by atoms with Crippen LogP contribution in [-0.2, 0) is 11.3 Å². The van der Waals surface area contributed by atoms with Crippen LogP contribution in [0, 0.1) is 13.8 Å². The van der Waals surface area contributed by atoms with Gasteiger partial charge in [-0.2, -0.15) is 5.10 Å². The summed E-state index contributed by atoms with van der Waals surface area (Å²) >= 11 is 2.82. The summed E-state index contributed by atoms with van der Waals surface area (Å²) in [5.41, 5.74) is 0.950. The minimum Gasteiger partial charge on any atom is -0.310 e. The Kier molecular flexibility index (Phi) is 5.95. The monoisotopic (exact) mass is 419 g/mol. The highest BCUT2D eigenvalue weighted by Crippen LogP contribution is 2.30. The van der Waals surface area contributed by atoms with Gasteiger partial charge in [-0.3, -0.25) is 14.2 Å². The molecule has 3 aromatic heterocycles. The highest BCUT2D eigenvalue weighted by Gasteiger charge is 2.22. The van der Waals surface area contributed by atoms with Crippen LogP contribution in [-0.4, -0.2) is 30.5 Å². The molecule has 0 unspecified atom stereocenters. The van der Waals surface area contributed by atoms with Gasteiger partial charge in [-0.15, -0.1) is 11.3 Å². The molecule has 1 N–H and O–H groups in total. The smallest absolute Gasteiger partial charge is 0.263 e. The molecule has 1 atom stereocenters. The first kappa shape index (κ1) is 20.6. The summed E-state index contributed by atoms with van der Waals surface area (Å²) in [4.78, 5) is 32.2. The average molecular weight is 420 g/mol. The fraction of sp³-hybridized carbons (Fsp3) is 0.474. The summed E-state index contributed by atoms with van der Waals surface area (Å²) < 4.78 is 3.41. The Labute approximate surface area is 172 Å². The van der Waals surface area contributed by atoms with E-state index in [1.807, 2.05) is 41.5 Å². The lowest BCUT2D eigenvalue weighted by Crippen LogP contribution is -2.27. The van der Waals surface area contributed by atoms with Crippen LogP contribution in [0.25, 0.3) is 10.2 Å². The second-order valence-electron chi connectivity index (χ2n) is 6.91. The fourth-order valence-corrected chi connectivity index (χ4v) is 4.98. The van der Waals surface area contributed by atoms with E-state index in [0.29, 0.717) is 22.9 Å². The number of hydrogen-bond donors (Lipinski definition) is 1. The molecule has 1 amide bonds. The molecule has 0 bridgehead atoms. The van der Waals surface area contributed by atoms with Crippen LogP contribution in [0.3, 0.4) is 0 Å². The first-order chi connectivity index (χ1) is 13.2. The van der Waals surface area contributed by atoms with Crippen molar-refractivity contribution in [3.63, 3.8) is 0 Å². The van der Waals surface area contributed by atoms with Crippen molar-refractivity contribution in [1.82, 2.24) is 19.3 Å². The Morgan fingerprint density at radius 3 is 2.68 bits per heavy atom. The zero-order valence-electron chi connectivity index (χ0n) is 16.9. The first-order valence-electron chi connectivity index (χ1n) is 9.26. The number of nitrogens with zero attached hydrogens (tertiary/aromatic N) is 4. The molecule has 3 rings (SSSR count). The van der Waals surface area contributed by atoms with Gasteiger partial charge in [0, 0.05) is 23.5 Å². The van der Waals surface area contributed by atoms with Crippen LogP contribution >= 0.6 is 23.1 Å². The normalized spacial score (nSPS) is 12.7. The molecule has 3 aromatic rings. The standard InChI is InChI=1S/C19H25N5O2S2/c1-7-23-18(26)15-11(4)12(5)27-17(15)22-19(23)28-13(6)16(25)21-14-8-9-20-24(14)10(2)3/h8-10,13H,7H2,1-6H3,(H,21,25)/t13-/m1/s1. The molecule has 0 aliphatic rings. The number of carbonyl (C=O) groups excluding carboxylic acids is 1. The van der Waals surface area contributed by atoms with Gasteiger partial charge in [-0.25, -0.2) is 9.67 Å². The zero-order chi connectivity index (χ0) is 20.6. The van der Waals surface area contributed by atoms with Crippen LogP contribution < -0.4 is 10.9 Å². The van der Waals surface area contributed by atoms with Crippen LogP contribution in [0.2, 0.25) is 0 Å². The summed E-state index contributed by atoms with van der Waals surface area (Å²) in [7, 11) is 0. The summed E-state index contributed by atoms with van der Waals surface area (Å²) in [5.74, 6) is 0.510. The van der Waals surface area contributed by atoms with E-state index in [9.17, 15) is 9.59 Å². The van der Waals surface area contributed by atoms with E-state index in [1.165, 1.54) is 23.1 Å². The van der Waals surface area contributed by atoms with Gasteiger partial charge in [-0.05, 0) is 47.1 Å².